The molecule has 134 valence electrons. The Balaban J connectivity index is 1.89. The Bertz CT molecular complexity index is 828. The molecule has 1 aromatic carbocycles. The highest BCUT2D eigenvalue weighted by atomic mass is 32.2. The third-order valence-electron chi connectivity index (χ3n) is 4.17. The Morgan fingerprint density at radius 1 is 1.12 bits per heavy atom. The van der Waals surface area contributed by atoms with E-state index >= 15 is 0 Å². The number of hydrogen-bond acceptors (Lipinski definition) is 6. The summed E-state index contributed by atoms with van der Waals surface area (Å²) in [6.07, 6.45) is 2.75. The molecule has 2 amide bonds. The van der Waals surface area contributed by atoms with Gasteiger partial charge in [0.15, 0.2) is 0 Å². The van der Waals surface area contributed by atoms with Gasteiger partial charge >= 0.3 is 0 Å². The number of carbonyl (C=O) groups excluding carboxylic acids is 2. The minimum Gasteiger partial charge on any atom is -0.395 e. The van der Waals surface area contributed by atoms with Gasteiger partial charge in [0.25, 0.3) is 11.8 Å². The second kappa shape index (κ2) is 6.95. The van der Waals surface area contributed by atoms with E-state index in [1.54, 1.807) is 18.2 Å². The van der Waals surface area contributed by atoms with E-state index in [1.165, 1.54) is 10.4 Å². The Hall–Kier alpha value is -2.23. The minimum absolute atomic E-state index is 0.0116. The van der Waals surface area contributed by atoms with Crippen LogP contribution < -0.4 is 5.32 Å². The van der Waals surface area contributed by atoms with Crippen molar-refractivity contribution < 1.29 is 23.1 Å². The van der Waals surface area contributed by atoms with Gasteiger partial charge in [0.1, 0.15) is 10.6 Å². The molecule has 0 atom stereocenters. The lowest BCUT2D eigenvalue weighted by atomic mass is 10.3. The van der Waals surface area contributed by atoms with Crippen molar-refractivity contribution in [3.8, 4) is 0 Å². The second-order valence-corrected chi connectivity index (χ2v) is 7.72. The average molecular weight is 365 g/mol. The molecule has 0 unspecified atom stereocenters. The predicted octanol–water partition coefficient (Wildman–Crippen LogP) is 0.128. The molecule has 1 fully saturated rings. The van der Waals surface area contributed by atoms with E-state index < -0.39 is 21.8 Å². The number of rotatable bonds is 6. The maximum Gasteiger partial charge on any atom is 0.277 e. The molecule has 1 aromatic rings. The van der Waals surface area contributed by atoms with Gasteiger partial charge in [-0.1, -0.05) is 12.1 Å². The van der Waals surface area contributed by atoms with Crippen molar-refractivity contribution in [2.24, 2.45) is 0 Å². The monoisotopic (exact) mass is 365 g/mol. The SMILES string of the molecule is O=C1C=C(Nc2ccccc2S(=O)(=O)N2CCCC2)C(=O)N1CCO. The molecule has 2 aliphatic heterocycles. The van der Waals surface area contributed by atoms with Crippen LogP contribution in [-0.4, -0.2) is 60.8 Å². The molecule has 2 heterocycles. The number of aliphatic hydroxyl groups is 1. The van der Waals surface area contributed by atoms with Crippen LogP contribution in [0.25, 0.3) is 0 Å². The molecular weight excluding hydrogens is 346 g/mol. The number of amides is 2. The molecule has 0 radical (unpaired) electrons. The van der Waals surface area contributed by atoms with Gasteiger partial charge in [0.2, 0.25) is 10.0 Å². The van der Waals surface area contributed by atoms with Crippen molar-refractivity contribution in [1.29, 1.82) is 0 Å². The first-order valence-corrected chi connectivity index (χ1v) is 9.44. The predicted molar refractivity (Wildman–Crippen MR) is 89.9 cm³/mol. The van der Waals surface area contributed by atoms with Crippen LogP contribution in [0.3, 0.4) is 0 Å². The first-order valence-electron chi connectivity index (χ1n) is 8.00. The van der Waals surface area contributed by atoms with Gasteiger partial charge in [-0.15, -0.1) is 0 Å². The van der Waals surface area contributed by atoms with E-state index in [-0.39, 0.29) is 29.4 Å². The van der Waals surface area contributed by atoms with Gasteiger partial charge in [-0.25, -0.2) is 8.42 Å². The highest BCUT2D eigenvalue weighted by Gasteiger charge is 2.33. The summed E-state index contributed by atoms with van der Waals surface area (Å²) in [7, 11) is -3.67. The van der Waals surface area contributed by atoms with Crippen LogP contribution in [0, 0.1) is 0 Å². The number of aliphatic hydroxyl groups excluding tert-OH is 1. The van der Waals surface area contributed by atoms with Crippen LogP contribution in [0.1, 0.15) is 12.8 Å². The smallest absolute Gasteiger partial charge is 0.277 e. The molecule has 0 aliphatic carbocycles. The van der Waals surface area contributed by atoms with E-state index in [0.717, 1.165) is 23.8 Å². The van der Waals surface area contributed by atoms with E-state index in [1.807, 2.05) is 0 Å². The van der Waals surface area contributed by atoms with E-state index in [4.69, 9.17) is 5.11 Å². The van der Waals surface area contributed by atoms with Gasteiger partial charge in [-0.3, -0.25) is 14.5 Å². The summed E-state index contributed by atoms with van der Waals surface area (Å²) in [6.45, 7) is 0.508. The van der Waals surface area contributed by atoms with Crippen LogP contribution in [0.4, 0.5) is 5.69 Å². The zero-order chi connectivity index (χ0) is 18.0. The average Bonchev–Trinajstić information content (AvgIpc) is 3.21. The molecule has 0 saturated carbocycles. The molecule has 8 nitrogen and oxygen atoms in total. The number of β-amino-alcohol motifs (C(OH)–C–C–N with tert-alkyl or cyclic N) is 1. The number of nitrogens with one attached hydrogen (secondary N) is 1. The highest BCUT2D eigenvalue weighted by molar-refractivity contribution is 7.89. The van der Waals surface area contributed by atoms with Gasteiger partial charge < -0.3 is 10.4 Å². The number of hydrogen-bond donors (Lipinski definition) is 2. The van der Waals surface area contributed by atoms with Crippen LogP contribution in [0.15, 0.2) is 40.9 Å². The standard InChI is InChI=1S/C16H19N3O5S/c20-10-9-19-15(21)11-13(16(19)22)17-12-5-1-2-6-14(12)25(23,24)18-7-3-4-8-18/h1-2,5-6,11,17,20H,3-4,7-10H2. The van der Waals surface area contributed by atoms with E-state index in [2.05, 4.69) is 5.32 Å². The van der Waals surface area contributed by atoms with Crippen molar-refractivity contribution in [3.63, 3.8) is 0 Å². The number of benzene rings is 1. The molecule has 3 rings (SSSR count). The topological polar surface area (TPSA) is 107 Å². The Kier molecular flexibility index (Phi) is 4.89. The van der Waals surface area contributed by atoms with Crippen molar-refractivity contribution >= 4 is 27.5 Å². The molecule has 0 aromatic heterocycles. The lowest BCUT2D eigenvalue weighted by Gasteiger charge is -2.19. The fourth-order valence-electron chi connectivity index (χ4n) is 2.92. The van der Waals surface area contributed by atoms with Crippen LogP contribution in [-0.2, 0) is 19.6 Å². The van der Waals surface area contributed by atoms with E-state index in [0.29, 0.717) is 13.1 Å². The summed E-state index contributed by atoms with van der Waals surface area (Å²) < 4.78 is 27.0. The third kappa shape index (κ3) is 3.30. The Labute approximate surface area is 145 Å². The number of nitrogens with zero attached hydrogens (tertiary/aromatic N) is 2. The molecule has 9 heteroatoms. The summed E-state index contributed by atoms with van der Waals surface area (Å²) in [5.41, 5.74) is 0.232. The molecule has 25 heavy (non-hydrogen) atoms. The normalized spacial score (nSPS) is 18.8. The van der Waals surface area contributed by atoms with Crippen LogP contribution in [0.2, 0.25) is 0 Å². The van der Waals surface area contributed by atoms with Crippen LogP contribution >= 0.6 is 0 Å². The maximum absolute atomic E-state index is 12.8. The minimum atomic E-state index is -3.67. The number of sulfonamides is 1. The summed E-state index contributed by atoms with van der Waals surface area (Å²) in [5.74, 6) is -1.13. The molecule has 0 spiro atoms. The second-order valence-electron chi connectivity index (χ2n) is 5.81. The quantitative estimate of drug-likeness (QED) is 0.694. The largest absolute Gasteiger partial charge is 0.395 e. The first-order chi connectivity index (χ1) is 11.9. The van der Waals surface area contributed by atoms with Gasteiger partial charge in [-0.05, 0) is 25.0 Å². The lowest BCUT2D eigenvalue weighted by molar-refractivity contribution is -0.137. The van der Waals surface area contributed by atoms with Crippen molar-refractivity contribution in [2.45, 2.75) is 17.7 Å². The van der Waals surface area contributed by atoms with Crippen LogP contribution in [0.5, 0.6) is 0 Å². The fraction of sp³-hybridized carbons (Fsp3) is 0.375. The molecule has 2 N–H and O–H groups in total. The van der Waals surface area contributed by atoms with Gasteiger partial charge in [0.05, 0.1) is 18.8 Å². The van der Waals surface area contributed by atoms with Gasteiger partial charge in [0, 0.05) is 19.2 Å². The number of imide groups is 1. The summed E-state index contributed by atoms with van der Waals surface area (Å²) in [4.78, 5) is 25.0. The molecular formula is C16H19N3O5S. The lowest BCUT2D eigenvalue weighted by Crippen LogP contribution is -2.34. The maximum atomic E-state index is 12.8. The zero-order valence-corrected chi connectivity index (χ0v) is 14.3. The molecule has 1 saturated heterocycles. The van der Waals surface area contributed by atoms with Crippen molar-refractivity contribution in [3.05, 3.63) is 36.0 Å². The Morgan fingerprint density at radius 3 is 2.48 bits per heavy atom. The summed E-state index contributed by atoms with van der Waals surface area (Å²) in [6, 6.07) is 6.29. The van der Waals surface area contributed by atoms with Crippen molar-refractivity contribution in [1.82, 2.24) is 9.21 Å². The third-order valence-corrected chi connectivity index (χ3v) is 6.13. The summed E-state index contributed by atoms with van der Waals surface area (Å²) >= 11 is 0. The number of para-hydroxylation sites is 1. The summed E-state index contributed by atoms with van der Waals surface area (Å²) in [5, 5.41) is 11.7. The fourth-order valence-corrected chi connectivity index (χ4v) is 4.58. The Morgan fingerprint density at radius 2 is 1.80 bits per heavy atom. The number of carbonyl (C=O) groups is 2. The van der Waals surface area contributed by atoms with Crippen molar-refractivity contribution in [2.75, 3.05) is 31.6 Å². The number of anilines is 1. The van der Waals surface area contributed by atoms with Gasteiger partial charge in [-0.2, -0.15) is 4.31 Å². The van der Waals surface area contributed by atoms with E-state index in [9.17, 15) is 18.0 Å². The molecule has 0 bridgehead atoms. The molecule has 2 aliphatic rings. The zero-order valence-electron chi connectivity index (χ0n) is 13.5. The first kappa shape index (κ1) is 17.6. The highest BCUT2D eigenvalue weighted by Crippen LogP contribution is 2.28.